The van der Waals surface area contributed by atoms with E-state index in [0.717, 1.165) is 0 Å². The average Bonchev–Trinajstić information content (AvgIpc) is 2.43. The second kappa shape index (κ2) is 4.36. The van der Waals surface area contributed by atoms with Crippen LogP contribution in [-0.4, -0.2) is 17.6 Å². The molecular weight excluding hydrogens is 196 g/mol. The number of nitrogens with two attached hydrogens (primary N) is 1. The van der Waals surface area contributed by atoms with Gasteiger partial charge in [0, 0.05) is 6.92 Å². The highest BCUT2D eigenvalue weighted by atomic mass is 16.2. The first-order chi connectivity index (χ1) is 7.02. The molecule has 0 unspecified atom stereocenters. The normalized spacial score (nSPS) is 12.3. The van der Waals surface area contributed by atoms with Gasteiger partial charge in [-0.1, -0.05) is 12.1 Å². The van der Waals surface area contributed by atoms with Crippen LogP contribution in [0.3, 0.4) is 0 Å². The Morgan fingerprint density at radius 1 is 1.27 bits per heavy atom. The minimum absolute atomic E-state index is 0.333. The number of nitrogens with one attached hydrogen (secondary N) is 1. The molecule has 78 valence electrons. The molecule has 0 saturated heterocycles. The van der Waals surface area contributed by atoms with Gasteiger partial charge in [0.1, 0.15) is 0 Å². The van der Waals surface area contributed by atoms with Crippen molar-refractivity contribution in [1.82, 2.24) is 0 Å². The third-order valence-electron chi connectivity index (χ3n) is 1.63. The van der Waals surface area contributed by atoms with Crippen LogP contribution >= 0.6 is 0 Å². The van der Waals surface area contributed by atoms with E-state index >= 15 is 0 Å². The molecule has 1 aromatic rings. The Bertz CT molecular complexity index is 422. The van der Waals surface area contributed by atoms with Crippen molar-refractivity contribution < 1.29 is 14.4 Å². The van der Waals surface area contributed by atoms with Crippen LogP contribution in [0.4, 0.5) is 5.69 Å². The standard InChI is InChI=1S/C8H5NO2.C2H5NO/c10-7-5-3-1-2-4-6(5)9-8(7)11;1-2(3)4/h1-4H,(H,9,10,11);1H3,(H2,3,4). The van der Waals surface area contributed by atoms with E-state index in [4.69, 9.17) is 0 Å². The van der Waals surface area contributed by atoms with E-state index in [2.05, 4.69) is 11.1 Å². The second-order valence-corrected chi connectivity index (χ2v) is 2.94. The summed E-state index contributed by atoms with van der Waals surface area (Å²) >= 11 is 0. The van der Waals surface area contributed by atoms with E-state index in [-0.39, 0.29) is 5.91 Å². The summed E-state index contributed by atoms with van der Waals surface area (Å²) in [6, 6.07) is 6.85. The number of amides is 2. The highest BCUT2D eigenvalue weighted by Crippen LogP contribution is 2.21. The van der Waals surface area contributed by atoms with E-state index < -0.39 is 11.7 Å². The zero-order valence-corrected chi connectivity index (χ0v) is 8.11. The van der Waals surface area contributed by atoms with Gasteiger partial charge in [0.15, 0.2) is 0 Å². The monoisotopic (exact) mass is 206 g/mol. The Kier molecular flexibility index (Phi) is 3.17. The van der Waals surface area contributed by atoms with Crippen molar-refractivity contribution in [3.8, 4) is 0 Å². The fourth-order valence-corrected chi connectivity index (χ4v) is 1.09. The number of carbonyl (C=O) groups is 3. The van der Waals surface area contributed by atoms with Crippen LogP contribution in [0.15, 0.2) is 24.3 Å². The summed E-state index contributed by atoms with van der Waals surface area (Å²) in [4.78, 5) is 31.0. The molecule has 1 heterocycles. The summed E-state index contributed by atoms with van der Waals surface area (Å²) in [6.45, 7) is 1.31. The maximum Gasteiger partial charge on any atom is 0.296 e. The zero-order chi connectivity index (χ0) is 11.4. The average molecular weight is 206 g/mol. The lowest BCUT2D eigenvalue weighted by molar-refractivity contribution is -0.116. The van der Waals surface area contributed by atoms with Gasteiger partial charge in [-0.2, -0.15) is 0 Å². The Labute approximate surface area is 86.3 Å². The lowest BCUT2D eigenvalue weighted by atomic mass is 10.1. The summed E-state index contributed by atoms with van der Waals surface area (Å²) in [5.74, 6) is -1.31. The molecule has 5 heteroatoms. The van der Waals surface area contributed by atoms with E-state index in [0.29, 0.717) is 11.3 Å². The highest BCUT2D eigenvalue weighted by molar-refractivity contribution is 6.51. The van der Waals surface area contributed by atoms with Crippen molar-refractivity contribution >= 4 is 23.3 Å². The third-order valence-corrected chi connectivity index (χ3v) is 1.63. The van der Waals surface area contributed by atoms with Crippen molar-refractivity contribution in [1.29, 1.82) is 0 Å². The summed E-state index contributed by atoms with van der Waals surface area (Å²) in [7, 11) is 0. The molecule has 0 aromatic heterocycles. The van der Waals surface area contributed by atoms with Crippen LogP contribution in [0.25, 0.3) is 0 Å². The molecule has 0 fully saturated rings. The maximum atomic E-state index is 11.0. The number of hydrogen-bond donors (Lipinski definition) is 2. The molecule has 0 atom stereocenters. The van der Waals surface area contributed by atoms with Crippen LogP contribution in [0.2, 0.25) is 0 Å². The number of rotatable bonds is 0. The van der Waals surface area contributed by atoms with E-state index in [1.54, 1.807) is 24.3 Å². The van der Waals surface area contributed by atoms with Crippen LogP contribution in [0, 0.1) is 0 Å². The van der Waals surface area contributed by atoms with Gasteiger partial charge in [0.2, 0.25) is 5.91 Å². The Morgan fingerprint density at radius 3 is 2.33 bits per heavy atom. The lowest BCUT2D eigenvalue weighted by Crippen LogP contribution is -2.12. The van der Waals surface area contributed by atoms with Gasteiger partial charge in [-0.3, -0.25) is 14.4 Å². The molecule has 2 rings (SSSR count). The first-order valence-electron chi connectivity index (χ1n) is 4.23. The molecule has 15 heavy (non-hydrogen) atoms. The summed E-state index contributed by atoms with van der Waals surface area (Å²) in [5, 5.41) is 2.46. The molecule has 1 aliphatic rings. The number of ketones is 1. The van der Waals surface area contributed by atoms with Gasteiger partial charge >= 0.3 is 0 Å². The summed E-state index contributed by atoms with van der Waals surface area (Å²) < 4.78 is 0. The number of carbonyl (C=O) groups excluding carboxylic acids is 3. The topological polar surface area (TPSA) is 89.3 Å². The highest BCUT2D eigenvalue weighted by Gasteiger charge is 2.26. The number of Topliss-reactive ketones (excluding diaryl/α,β-unsaturated/α-hetero) is 1. The molecule has 0 bridgehead atoms. The van der Waals surface area contributed by atoms with Gasteiger partial charge in [-0.15, -0.1) is 0 Å². The lowest BCUT2D eigenvalue weighted by Gasteiger charge is -1.91. The summed E-state index contributed by atoms with van der Waals surface area (Å²) in [5.41, 5.74) is 5.56. The number of anilines is 1. The van der Waals surface area contributed by atoms with Crippen molar-refractivity contribution in [3.63, 3.8) is 0 Å². The van der Waals surface area contributed by atoms with Crippen LogP contribution < -0.4 is 11.1 Å². The zero-order valence-electron chi connectivity index (χ0n) is 8.11. The van der Waals surface area contributed by atoms with Gasteiger partial charge in [0.25, 0.3) is 11.7 Å². The van der Waals surface area contributed by atoms with Crippen LogP contribution in [0.1, 0.15) is 17.3 Å². The van der Waals surface area contributed by atoms with Crippen molar-refractivity contribution in [2.45, 2.75) is 6.92 Å². The number of para-hydroxylation sites is 1. The molecule has 0 radical (unpaired) electrons. The van der Waals surface area contributed by atoms with Gasteiger partial charge in [0.05, 0.1) is 11.3 Å². The smallest absolute Gasteiger partial charge is 0.296 e. The number of hydrogen-bond acceptors (Lipinski definition) is 3. The minimum Gasteiger partial charge on any atom is -0.370 e. The quantitative estimate of drug-likeness (QED) is 0.599. The first-order valence-corrected chi connectivity index (χ1v) is 4.23. The Balaban J connectivity index is 0.000000245. The second-order valence-electron chi connectivity index (χ2n) is 2.94. The Morgan fingerprint density at radius 2 is 1.80 bits per heavy atom. The van der Waals surface area contributed by atoms with Crippen molar-refractivity contribution in [3.05, 3.63) is 29.8 Å². The molecular formula is C10H10N2O3. The van der Waals surface area contributed by atoms with Gasteiger partial charge < -0.3 is 11.1 Å². The third kappa shape index (κ3) is 2.63. The van der Waals surface area contributed by atoms with Crippen molar-refractivity contribution in [2.24, 2.45) is 5.73 Å². The van der Waals surface area contributed by atoms with Gasteiger partial charge in [-0.05, 0) is 12.1 Å². The molecule has 1 aliphatic heterocycles. The predicted molar refractivity (Wildman–Crippen MR) is 54.3 cm³/mol. The minimum atomic E-state index is -0.536. The van der Waals surface area contributed by atoms with E-state index in [1.165, 1.54) is 6.92 Å². The molecule has 3 N–H and O–H groups in total. The van der Waals surface area contributed by atoms with Gasteiger partial charge in [-0.25, -0.2) is 0 Å². The fourth-order valence-electron chi connectivity index (χ4n) is 1.09. The molecule has 5 nitrogen and oxygen atoms in total. The molecule has 0 aliphatic carbocycles. The molecule has 2 amide bonds. The fraction of sp³-hybridized carbons (Fsp3) is 0.100. The van der Waals surface area contributed by atoms with Crippen LogP contribution in [-0.2, 0) is 9.59 Å². The van der Waals surface area contributed by atoms with Crippen molar-refractivity contribution in [2.75, 3.05) is 5.32 Å². The number of primary amides is 1. The van der Waals surface area contributed by atoms with Crippen LogP contribution in [0.5, 0.6) is 0 Å². The molecule has 0 saturated carbocycles. The first kappa shape index (κ1) is 10.9. The Hall–Kier alpha value is -2.17. The largest absolute Gasteiger partial charge is 0.370 e. The number of fused-ring (bicyclic) bond motifs is 1. The predicted octanol–water partition coefficient (Wildman–Crippen LogP) is 0.313. The number of benzene rings is 1. The summed E-state index contributed by atoms with van der Waals surface area (Å²) in [6.07, 6.45) is 0. The molecule has 1 aromatic carbocycles. The molecule has 0 spiro atoms. The SMILES string of the molecule is CC(N)=O.O=C1Nc2ccccc2C1=O. The van der Waals surface area contributed by atoms with E-state index in [1.807, 2.05) is 0 Å². The maximum absolute atomic E-state index is 11.0. The van der Waals surface area contributed by atoms with E-state index in [9.17, 15) is 14.4 Å².